The molecule has 5 rings (SSSR count). The number of benzene rings is 3. The molecule has 0 bridgehead atoms. The van der Waals surface area contributed by atoms with Crippen LogP contribution in [0.5, 0.6) is 23.0 Å². The van der Waals surface area contributed by atoms with Crippen LogP contribution in [-0.4, -0.2) is 24.0 Å². The van der Waals surface area contributed by atoms with Gasteiger partial charge in [-0.1, -0.05) is 42.5 Å². The summed E-state index contributed by atoms with van der Waals surface area (Å²) in [6.07, 6.45) is -0.114. The second-order valence-corrected chi connectivity index (χ2v) is 8.86. The molecule has 0 saturated carbocycles. The summed E-state index contributed by atoms with van der Waals surface area (Å²) < 4.78 is 22.9. The molecule has 0 fully saturated rings. The molecule has 0 unspecified atom stereocenters. The Morgan fingerprint density at radius 3 is 2.57 bits per heavy atom. The molecule has 1 aromatic heterocycles. The second-order valence-electron chi connectivity index (χ2n) is 8.86. The fourth-order valence-electron chi connectivity index (χ4n) is 4.85. The lowest BCUT2D eigenvalue weighted by atomic mass is 9.82. The molecule has 1 atom stereocenters. The topological polar surface area (TPSA) is 112 Å². The third-order valence-electron chi connectivity index (χ3n) is 6.47. The Bertz CT molecular complexity index is 1600. The highest BCUT2D eigenvalue weighted by Gasteiger charge is 2.38. The van der Waals surface area contributed by atoms with E-state index in [2.05, 4.69) is 0 Å². The number of rotatable bonds is 6. The molecule has 3 aromatic carbocycles. The van der Waals surface area contributed by atoms with Gasteiger partial charge < -0.3 is 23.7 Å². The standard InChI is InChI=1S/C29H24O8/c1-15-12-21(31)36-28-23(15)26(33)24(16(2)30)29-25(28)19(13-22(32)37-29)18-10-7-11-20(34-3)27(18)35-14-17-8-5-4-6-9-17/h4-12,19,33H,13-14H2,1-3H3/t19-/m0/s1. The molecule has 37 heavy (non-hydrogen) atoms. The predicted octanol–water partition coefficient (Wildman–Crippen LogP) is 5.04. The highest BCUT2D eigenvalue weighted by Crippen LogP contribution is 2.52. The molecule has 1 N–H and O–H groups in total. The summed E-state index contributed by atoms with van der Waals surface area (Å²) in [5.41, 5.74) is 1.53. The number of ketones is 1. The number of methoxy groups -OCH3 is 1. The van der Waals surface area contributed by atoms with Gasteiger partial charge in [0.2, 0.25) is 0 Å². The van der Waals surface area contributed by atoms with Gasteiger partial charge in [0.15, 0.2) is 23.0 Å². The van der Waals surface area contributed by atoms with Crippen LogP contribution in [0.4, 0.5) is 0 Å². The Hall–Kier alpha value is -4.59. The Kier molecular flexibility index (Phi) is 6.17. The maximum Gasteiger partial charge on any atom is 0.336 e. The lowest BCUT2D eigenvalue weighted by Crippen LogP contribution is -2.24. The van der Waals surface area contributed by atoms with Gasteiger partial charge in [-0.3, -0.25) is 9.59 Å². The molecule has 0 saturated heterocycles. The number of hydrogen-bond donors (Lipinski definition) is 1. The zero-order valence-corrected chi connectivity index (χ0v) is 20.5. The van der Waals surface area contributed by atoms with Gasteiger partial charge in [-0.15, -0.1) is 0 Å². The number of para-hydroxylation sites is 1. The highest BCUT2D eigenvalue weighted by atomic mass is 16.5. The maximum atomic E-state index is 12.8. The van der Waals surface area contributed by atoms with Crippen LogP contribution in [0.3, 0.4) is 0 Å². The van der Waals surface area contributed by atoms with E-state index in [-0.39, 0.29) is 35.3 Å². The van der Waals surface area contributed by atoms with Gasteiger partial charge in [0, 0.05) is 23.1 Å². The number of esters is 1. The van der Waals surface area contributed by atoms with E-state index < -0.39 is 29.0 Å². The van der Waals surface area contributed by atoms with Gasteiger partial charge in [0.25, 0.3) is 0 Å². The van der Waals surface area contributed by atoms with Crippen molar-refractivity contribution >= 4 is 22.7 Å². The number of hydrogen-bond acceptors (Lipinski definition) is 8. The molecule has 0 radical (unpaired) electrons. The number of Topliss-reactive ketones (excluding diaryl/α,β-unsaturated/α-hetero) is 1. The predicted molar refractivity (Wildman–Crippen MR) is 135 cm³/mol. The lowest BCUT2D eigenvalue weighted by Gasteiger charge is -2.29. The molecule has 2 heterocycles. The van der Waals surface area contributed by atoms with Gasteiger partial charge in [-0.25, -0.2) is 4.79 Å². The molecule has 8 nitrogen and oxygen atoms in total. The van der Waals surface area contributed by atoms with Crippen LogP contribution in [0.25, 0.3) is 11.0 Å². The summed E-state index contributed by atoms with van der Waals surface area (Å²) in [4.78, 5) is 37.9. The van der Waals surface area contributed by atoms with Gasteiger partial charge in [0.05, 0.1) is 18.9 Å². The van der Waals surface area contributed by atoms with Gasteiger partial charge in [0.1, 0.15) is 23.5 Å². The van der Waals surface area contributed by atoms with Crippen molar-refractivity contribution in [2.45, 2.75) is 32.8 Å². The molecular formula is C29H24O8. The van der Waals surface area contributed by atoms with E-state index in [9.17, 15) is 19.5 Å². The second kappa shape index (κ2) is 9.46. The fourth-order valence-corrected chi connectivity index (χ4v) is 4.85. The first-order chi connectivity index (χ1) is 17.8. The zero-order chi connectivity index (χ0) is 26.3. The van der Waals surface area contributed by atoms with Gasteiger partial charge >= 0.3 is 11.6 Å². The van der Waals surface area contributed by atoms with Crippen molar-refractivity contribution in [3.8, 4) is 23.0 Å². The SMILES string of the molecule is COc1cccc([C@@H]2CC(=O)Oc3c(C(C)=O)c(O)c4c(C)cc(=O)oc4c32)c1OCc1ccccc1. The van der Waals surface area contributed by atoms with Crippen LogP contribution >= 0.6 is 0 Å². The Morgan fingerprint density at radius 1 is 1.11 bits per heavy atom. The molecule has 188 valence electrons. The minimum Gasteiger partial charge on any atom is -0.506 e. The van der Waals surface area contributed by atoms with Crippen LogP contribution < -0.4 is 19.8 Å². The van der Waals surface area contributed by atoms with Gasteiger partial charge in [-0.2, -0.15) is 0 Å². The molecule has 0 amide bonds. The van der Waals surface area contributed by atoms with E-state index >= 15 is 0 Å². The first-order valence-corrected chi connectivity index (χ1v) is 11.7. The smallest absolute Gasteiger partial charge is 0.336 e. The third-order valence-corrected chi connectivity index (χ3v) is 6.47. The van der Waals surface area contributed by atoms with Crippen LogP contribution in [0.1, 0.15) is 51.9 Å². The van der Waals surface area contributed by atoms with E-state index in [1.165, 1.54) is 20.1 Å². The number of aromatic hydroxyl groups is 1. The Labute approximate surface area is 212 Å². The monoisotopic (exact) mass is 500 g/mol. The van der Waals surface area contributed by atoms with E-state index in [0.29, 0.717) is 28.2 Å². The summed E-state index contributed by atoms with van der Waals surface area (Å²) >= 11 is 0. The summed E-state index contributed by atoms with van der Waals surface area (Å²) in [5.74, 6) is -1.50. The minimum atomic E-state index is -0.719. The number of phenols is 1. The van der Waals surface area contributed by atoms with E-state index in [1.54, 1.807) is 25.1 Å². The molecule has 0 spiro atoms. The summed E-state index contributed by atoms with van der Waals surface area (Å²) in [6, 6.07) is 16.1. The van der Waals surface area contributed by atoms with E-state index in [0.717, 1.165) is 5.56 Å². The summed E-state index contributed by atoms with van der Waals surface area (Å²) in [6.45, 7) is 3.15. The van der Waals surface area contributed by atoms with Crippen molar-refractivity contribution in [3.63, 3.8) is 0 Å². The summed E-state index contributed by atoms with van der Waals surface area (Å²) in [5, 5.41) is 11.2. The molecule has 4 aromatic rings. The van der Waals surface area contributed by atoms with Crippen molar-refractivity contribution in [3.05, 3.63) is 92.8 Å². The first-order valence-electron chi connectivity index (χ1n) is 11.7. The van der Waals surface area contributed by atoms with Crippen LogP contribution in [0, 0.1) is 6.92 Å². The molecule has 0 aliphatic carbocycles. The number of aryl methyl sites for hydroxylation is 1. The molecular weight excluding hydrogens is 476 g/mol. The third kappa shape index (κ3) is 4.20. The lowest BCUT2D eigenvalue weighted by molar-refractivity contribution is -0.135. The summed E-state index contributed by atoms with van der Waals surface area (Å²) in [7, 11) is 1.52. The largest absolute Gasteiger partial charge is 0.506 e. The number of carbonyl (C=O) groups excluding carboxylic acids is 2. The maximum absolute atomic E-state index is 12.8. The molecule has 8 heteroatoms. The number of phenolic OH excluding ortho intramolecular Hbond substituents is 1. The van der Waals surface area contributed by atoms with Crippen LogP contribution in [0.2, 0.25) is 0 Å². The molecule has 1 aliphatic heterocycles. The average molecular weight is 501 g/mol. The number of fused-ring (bicyclic) bond motifs is 3. The first kappa shape index (κ1) is 24.1. The Balaban J connectivity index is 1.79. The average Bonchev–Trinajstić information content (AvgIpc) is 2.86. The van der Waals surface area contributed by atoms with Crippen LogP contribution in [-0.2, 0) is 11.4 Å². The highest BCUT2D eigenvalue weighted by molar-refractivity contribution is 6.09. The number of ether oxygens (including phenoxy) is 3. The van der Waals surface area contributed by atoms with E-state index in [4.69, 9.17) is 18.6 Å². The minimum absolute atomic E-state index is 0.0526. The van der Waals surface area contributed by atoms with Crippen molar-refractivity contribution in [2.75, 3.05) is 7.11 Å². The quantitative estimate of drug-likeness (QED) is 0.170. The number of carbonyl (C=O) groups is 2. The van der Waals surface area contributed by atoms with E-state index in [1.807, 2.05) is 30.3 Å². The van der Waals surface area contributed by atoms with Crippen molar-refractivity contribution in [1.29, 1.82) is 0 Å². The normalized spacial score (nSPS) is 14.7. The molecule has 1 aliphatic rings. The van der Waals surface area contributed by atoms with Crippen molar-refractivity contribution in [2.24, 2.45) is 0 Å². The fraction of sp³-hybridized carbons (Fsp3) is 0.207. The van der Waals surface area contributed by atoms with Crippen molar-refractivity contribution < 1.29 is 33.3 Å². The Morgan fingerprint density at radius 2 is 1.86 bits per heavy atom. The van der Waals surface area contributed by atoms with Crippen molar-refractivity contribution in [1.82, 2.24) is 0 Å². The van der Waals surface area contributed by atoms with Crippen LogP contribution in [0.15, 0.2) is 63.8 Å². The van der Waals surface area contributed by atoms with Gasteiger partial charge in [-0.05, 0) is 31.0 Å². The zero-order valence-electron chi connectivity index (χ0n) is 20.5.